The average molecular weight is 787 g/mol. The summed E-state index contributed by atoms with van der Waals surface area (Å²) < 4.78 is 0.124. The van der Waals surface area contributed by atoms with Crippen LogP contribution < -0.4 is 9.80 Å². The van der Waals surface area contributed by atoms with Crippen molar-refractivity contribution in [2.75, 3.05) is 9.80 Å². The fraction of sp³-hybridized carbons (Fsp3) is 0.0877. The van der Waals surface area contributed by atoms with Crippen LogP contribution in [0.3, 0.4) is 0 Å². The summed E-state index contributed by atoms with van der Waals surface area (Å²) in [5.41, 5.74) is 13.6. The van der Waals surface area contributed by atoms with E-state index < -0.39 is 0 Å². The third-order valence-electron chi connectivity index (χ3n) is 13.4. The predicted molar refractivity (Wildman–Crippen MR) is 257 cm³/mol. The van der Waals surface area contributed by atoms with Crippen LogP contribution in [0.2, 0.25) is 0 Å². The molecule has 3 aliphatic rings. The Morgan fingerprint density at radius 3 is 1.80 bits per heavy atom. The minimum atomic E-state index is 0.0939. The highest BCUT2D eigenvalue weighted by Gasteiger charge is 2.71. The zero-order valence-electron chi connectivity index (χ0n) is 33.5. The van der Waals surface area contributed by atoms with Crippen LogP contribution in [-0.2, 0) is 11.8 Å². The van der Waals surface area contributed by atoms with E-state index in [1.54, 1.807) is 0 Å². The Hall–Kier alpha value is -6.81. The van der Waals surface area contributed by atoms with Crippen LogP contribution in [0.15, 0.2) is 212 Å². The maximum Gasteiger partial charge on any atom is 0.0601 e. The molecule has 1 fully saturated rings. The first kappa shape index (κ1) is 35.2. The minimum absolute atomic E-state index is 0.0939. The van der Waals surface area contributed by atoms with Gasteiger partial charge in [-0.2, -0.15) is 0 Å². The first-order valence-corrected chi connectivity index (χ1v) is 21.8. The number of rotatable bonds is 9. The van der Waals surface area contributed by atoms with Gasteiger partial charge in [0, 0.05) is 38.1 Å². The second-order valence-corrected chi connectivity index (χ2v) is 17.9. The fourth-order valence-corrected chi connectivity index (χ4v) is 12.3. The lowest BCUT2D eigenvalue weighted by Crippen LogP contribution is -2.14. The van der Waals surface area contributed by atoms with Gasteiger partial charge in [-0.15, -0.1) is 18.3 Å². The maximum absolute atomic E-state index is 4.06. The minimum Gasteiger partial charge on any atom is -0.310 e. The molecule has 12 rings (SSSR count). The third kappa shape index (κ3) is 5.03. The lowest BCUT2D eigenvalue weighted by atomic mass is 9.89. The molecule has 0 spiro atoms. The van der Waals surface area contributed by atoms with Crippen molar-refractivity contribution in [1.82, 2.24) is 0 Å². The molecule has 1 saturated carbocycles. The number of thioether (sulfide) groups is 1. The van der Waals surface area contributed by atoms with Crippen LogP contribution in [0, 0.1) is 6.92 Å². The second-order valence-electron chi connectivity index (χ2n) is 16.5. The molecule has 286 valence electrons. The second kappa shape index (κ2) is 13.4. The molecule has 60 heavy (non-hydrogen) atoms. The highest BCUT2D eigenvalue weighted by atomic mass is 32.2. The number of hydrogen-bond donors (Lipinski definition) is 0. The molecule has 2 nitrogen and oxygen atoms in total. The first-order chi connectivity index (χ1) is 29.6. The third-order valence-corrected chi connectivity index (χ3v) is 15.0. The smallest absolute Gasteiger partial charge is 0.0601 e. The molecule has 2 aliphatic carbocycles. The SMILES string of the molecule is C=CCc1ccccc1-c1cccc(N(c2ccccc2)c2ccc3ccc4c(N(c5ccccc5)c5cccc6c5SC57C=CC=CC65C7)ccc5ccc2c3c54)c1C. The van der Waals surface area contributed by atoms with E-state index in [1.165, 1.54) is 82.8 Å². The molecule has 2 atom stereocenters. The Balaban J connectivity index is 1.08. The number of fused-ring (bicyclic) bond motifs is 1. The van der Waals surface area contributed by atoms with E-state index in [4.69, 9.17) is 0 Å². The number of benzene rings is 9. The number of anilines is 6. The molecule has 0 saturated heterocycles. The van der Waals surface area contributed by atoms with Crippen molar-refractivity contribution >= 4 is 78.2 Å². The van der Waals surface area contributed by atoms with Gasteiger partial charge in [0.25, 0.3) is 0 Å². The molecule has 0 amide bonds. The molecular weight excluding hydrogens is 745 g/mol. The number of nitrogens with zero attached hydrogens (tertiary/aromatic N) is 2. The quantitative estimate of drug-likeness (QED) is 0.106. The van der Waals surface area contributed by atoms with Gasteiger partial charge in [-0.05, 0) is 118 Å². The number of para-hydroxylation sites is 2. The van der Waals surface area contributed by atoms with Gasteiger partial charge in [0.15, 0.2) is 0 Å². The molecule has 1 heterocycles. The normalized spacial score (nSPS) is 18.4. The molecule has 2 unspecified atom stereocenters. The van der Waals surface area contributed by atoms with E-state index in [0.29, 0.717) is 0 Å². The Bertz CT molecular complexity index is 3240. The van der Waals surface area contributed by atoms with E-state index in [0.717, 1.165) is 29.2 Å². The van der Waals surface area contributed by atoms with Crippen LogP contribution in [0.1, 0.15) is 23.1 Å². The van der Waals surface area contributed by atoms with E-state index in [1.807, 2.05) is 6.08 Å². The Morgan fingerprint density at radius 1 is 0.550 bits per heavy atom. The number of allylic oxidation sites excluding steroid dienone is 4. The molecule has 0 radical (unpaired) electrons. The summed E-state index contributed by atoms with van der Waals surface area (Å²) in [6.45, 7) is 6.34. The molecule has 3 heteroatoms. The molecule has 9 aromatic carbocycles. The van der Waals surface area contributed by atoms with Gasteiger partial charge in [0.2, 0.25) is 0 Å². The summed E-state index contributed by atoms with van der Waals surface area (Å²) in [7, 11) is 0. The standard InChI is InChI=1S/C57H42N2S/c1-3-16-39-17-10-11-22-45(39)44-23-14-25-49(38(44)2)58(42-18-6-4-7-19-42)50-33-29-40-28-32-47-51(34-30-41-27-31-46(50)53(40)54(41)47)59(43-20-8-5-9-21-43)52-26-15-24-48-55(52)60-57-36-13-12-35-56(48,57)37-57/h3-15,17-36H,1,16,37H2,2H3. The summed E-state index contributed by atoms with van der Waals surface area (Å²) in [5, 5.41) is 7.54. The van der Waals surface area contributed by atoms with Gasteiger partial charge < -0.3 is 9.80 Å². The monoisotopic (exact) mass is 786 g/mol. The average Bonchev–Trinajstić information content (AvgIpc) is 3.89. The van der Waals surface area contributed by atoms with E-state index >= 15 is 0 Å². The fourth-order valence-electron chi connectivity index (χ4n) is 10.5. The van der Waals surface area contributed by atoms with Gasteiger partial charge in [-0.1, -0.05) is 152 Å². The topological polar surface area (TPSA) is 6.48 Å². The van der Waals surface area contributed by atoms with Gasteiger partial charge in [-0.25, -0.2) is 0 Å². The molecule has 0 aromatic heterocycles. The zero-order chi connectivity index (χ0) is 40.0. The highest BCUT2D eigenvalue weighted by molar-refractivity contribution is 8.01. The van der Waals surface area contributed by atoms with E-state index in [2.05, 4.69) is 229 Å². The summed E-state index contributed by atoms with van der Waals surface area (Å²) in [6, 6.07) is 62.9. The first-order valence-electron chi connectivity index (χ1n) is 21.0. The van der Waals surface area contributed by atoms with Crippen molar-refractivity contribution in [3.8, 4) is 11.1 Å². The van der Waals surface area contributed by atoms with Gasteiger partial charge >= 0.3 is 0 Å². The van der Waals surface area contributed by atoms with Gasteiger partial charge in [0.1, 0.15) is 0 Å². The largest absolute Gasteiger partial charge is 0.310 e. The number of hydrogen-bond acceptors (Lipinski definition) is 3. The lowest BCUT2D eigenvalue weighted by Gasteiger charge is -2.31. The maximum atomic E-state index is 4.06. The predicted octanol–water partition coefficient (Wildman–Crippen LogP) is 15.8. The van der Waals surface area contributed by atoms with E-state index in [-0.39, 0.29) is 10.2 Å². The zero-order valence-corrected chi connectivity index (χ0v) is 34.3. The van der Waals surface area contributed by atoms with Crippen molar-refractivity contribution < 1.29 is 0 Å². The van der Waals surface area contributed by atoms with Gasteiger partial charge in [0.05, 0.1) is 21.8 Å². The van der Waals surface area contributed by atoms with Crippen molar-refractivity contribution in [2.24, 2.45) is 0 Å². The Kier molecular flexibility index (Phi) is 7.83. The van der Waals surface area contributed by atoms with Crippen LogP contribution in [0.5, 0.6) is 0 Å². The van der Waals surface area contributed by atoms with Crippen LogP contribution >= 0.6 is 11.8 Å². The molecule has 9 aromatic rings. The molecule has 1 aliphatic heterocycles. The van der Waals surface area contributed by atoms with Crippen molar-refractivity contribution in [1.29, 1.82) is 0 Å². The van der Waals surface area contributed by atoms with Crippen molar-refractivity contribution in [3.63, 3.8) is 0 Å². The van der Waals surface area contributed by atoms with Crippen molar-refractivity contribution in [2.45, 2.75) is 34.8 Å². The summed E-state index contributed by atoms with van der Waals surface area (Å²) in [4.78, 5) is 6.38. The summed E-state index contributed by atoms with van der Waals surface area (Å²) in [6.07, 6.45) is 13.4. The Labute approximate surface area is 355 Å². The Morgan fingerprint density at radius 2 is 1.12 bits per heavy atom. The molecule has 0 bridgehead atoms. The van der Waals surface area contributed by atoms with E-state index in [9.17, 15) is 0 Å². The highest BCUT2D eigenvalue weighted by Crippen LogP contribution is 2.77. The summed E-state index contributed by atoms with van der Waals surface area (Å²) >= 11 is 2.06. The van der Waals surface area contributed by atoms with Crippen LogP contribution in [-0.4, -0.2) is 4.75 Å². The van der Waals surface area contributed by atoms with Gasteiger partial charge in [-0.3, -0.25) is 0 Å². The summed E-state index contributed by atoms with van der Waals surface area (Å²) in [5.74, 6) is 0. The van der Waals surface area contributed by atoms with Crippen molar-refractivity contribution in [3.05, 3.63) is 224 Å². The molecular formula is C57H42N2S. The van der Waals surface area contributed by atoms with Crippen LogP contribution in [0.4, 0.5) is 34.1 Å². The lowest BCUT2D eigenvalue weighted by molar-refractivity contribution is 0.843. The van der Waals surface area contributed by atoms with Crippen LogP contribution in [0.25, 0.3) is 43.4 Å². The molecule has 0 N–H and O–H groups in total.